The van der Waals surface area contributed by atoms with Gasteiger partial charge < -0.3 is 5.32 Å². The summed E-state index contributed by atoms with van der Waals surface area (Å²) in [5.41, 5.74) is 7.55. The van der Waals surface area contributed by atoms with Crippen molar-refractivity contribution >= 4 is 5.91 Å². The minimum Gasteiger partial charge on any atom is -0.345 e. The van der Waals surface area contributed by atoms with E-state index in [1.54, 1.807) is 12.4 Å². The molecule has 1 aromatic heterocycles. The summed E-state index contributed by atoms with van der Waals surface area (Å²) in [6, 6.07) is -0.0723. The number of carbonyl (C=O) groups is 1. The normalized spacial score (nSPS) is 12.3. The second kappa shape index (κ2) is 5.72. The molecule has 0 bridgehead atoms. The number of rotatable bonds is 3. The van der Waals surface area contributed by atoms with Crippen LogP contribution in [-0.4, -0.2) is 16.1 Å². The molecule has 4 heteroatoms. The van der Waals surface area contributed by atoms with Gasteiger partial charge in [0.15, 0.2) is 0 Å². The first-order chi connectivity index (χ1) is 9.84. The summed E-state index contributed by atoms with van der Waals surface area (Å²) >= 11 is 0. The second-order valence-corrected chi connectivity index (χ2v) is 5.73. The molecule has 112 valence electrons. The highest BCUT2D eigenvalue weighted by Crippen LogP contribution is 2.26. The van der Waals surface area contributed by atoms with Gasteiger partial charge in [0.25, 0.3) is 5.91 Å². The summed E-state index contributed by atoms with van der Waals surface area (Å²) in [5, 5.41) is 9.75. The number of hydrogen-bond donors (Lipinski definition) is 2. The van der Waals surface area contributed by atoms with Crippen LogP contribution < -0.4 is 5.32 Å². The van der Waals surface area contributed by atoms with E-state index in [1.165, 1.54) is 16.7 Å². The maximum Gasteiger partial charge on any atom is 0.252 e. The van der Waals surface area contributed by atoms with E-state index in [0.717, 1.165) is 22.3 Å². The van der Waals surface area contributed by atoms with Crippen molar-refractivity contribution in [2.24, 2.45) is 0 Å². The lowest BCUT2D eigenvalue weighted by molar-refractivity contribution is 0.0938. The van der Waals surface area contributed by atoms with E-state index in [-0.39, 0.29) is 11.9 Å². The molecule has 2 aromatic rings. The summed E-state index contributed by atoms with van der Waals surface area (Å²) in [5.74, 6) is -0.0232. The minimum absolute atomic E-state index is 0.0232. The minimum atomic E-state index is -0.0723. The highest BCUT2D eigenvalue weighted by Gasteiger charge is 2.20. The molecule has 0 aliphatic rings. The summed E-state index contributed by atoms with van der Waals surface area (Å²) in [6.07, 6.45) is 3.53. The van der Waals surface area contributed by atoms with Crippen LogP contribution in [0.5, 0.6) is 0 Å². The van der Waals surface area contributed by atoms with E-state index >= 15 is 0 Å². The maximum atomic E-state index is 12.7. The molecule has 2 rings (SSSR count). The number of H-pyrrole nitrogens is 1. The van der Waals surface area contributed by atoms with Crippen LogP contribution in [0, 0.1) is 34.6 Å². The summed E-state index contributed by atoms with van der Waals surface area (Å²) in [4.78, 5) is 12.7. The number of aromatic nitrogens is 2. The Kier molecular flexibility index (Phi) is 4.16. The van der Waals surface area contributed by atoms with Gasteiger partial charge in [0.2, 0.25) is 0 Å². The summed E-state index contributed by atoms with van der Waals surface area (Å²) in [7, 11) is 0. The molecular weight excluding hydrogens is 262 g/mol. The van der Waals surface area contributed by atoms with Crippen molar-refractivity contribution in [1.29, 1.82) is 0 Å². The fourth-order valence-electron chi connectivity index (χ4n) is 2.69. The molecule has 0 fully saturated rings. The molecule has 21 heavy (non-hydrogen) atoms. The van der Waals surface area contributed by atoms with Gasteiger partial charge in [-0.1, -0.05) is 0 Å². The third-order valence-corrected chi connectivity index (χ3v) is 4.59. The Hall–Kier alpha value is -2.10. The van der Waals surface area contributed by atoms with Gasteiger partial charge >= 0.3 is 0 Å². The van der Waals surface area contributed by atoms with E-state index in [1.807, 2.05) is 20.8 Å². The van der Waals surface area contributed by atoms with Crippen molar-refractivity contribution < 1.29 is 4.79 Å². The Morgan fingerprint density at radius 1 is 1.05 bits per heavy atom. The molecule has 0 saturated heterocycles. The average Bonchev–Trinajstić information content (AvgIpc) is 2.97. The molecule has 1 aromatic carbocycles. The molecule has 0 spiro atoms. The van der Waals surface area contributed by atoms with Crippen LogP contribution in [0.1, 0.15) is 56.7 Å². The van der Waals surface area contributed by atoms with Crippen molar-refractivity contribution in [2.75, 3.05) is 0 Å². The maximum absolute atomic E-state index is 12.7. The largest absolute Gasteiger partial charge is 0.345 e. The Labute approximate surface area is 126 Å². The molecule has 0 radical (unpaired) electrons. The van der Waals surface area contributed by atoms with Gasteiger partial charge in [0.1, 0.15) is 0 Å². The van der Waals surface area contributed by atoms with Crippen LogP contribution in [0.4, 0.5) is 0 Å². The molecule has 1 unspecified atom stereocenters. The molecule has 4 nitrogen and oxygen atoms in total. The first-order valence-electron chi connectivity index (χ1n) is 7.21. The van der Waals surface area contributed by atoms with Gasteiger partial charge in [0, 0.05) is 17.3 Å². The SMILES string of the molecule is Cc1c(C)c(C)c(C(=O)NC(C)c2cn[nH]c2)c(C)c1C. The Morgan fingerprint density at radius 2 is 1.57 bits per heavy atom. The van der Waals surface area contributed by atoms with Crippen molar-refractivity contribution in [2.45, 2.75) is 47.6 Å². The lowest BCUT2D eigenvalue weighted by Gasteiger charge is -2.20. The molecular formula is C17H23N3O. The van der Waals surface area contributed by atoms with E-state index < -0.39 is 0 Å². The Balaban J connectivity index is 2.36. The fraction of sp³-hybridized carbons (Fsp3) is 0.412. The third kappa shape index (κ3) is 2.71. The van der Waals surface area contributed by atoms with Gasteiger partial charge in [0.05, 0.1) is 12.2 Å². The first-order valence-corrected chi connectivity index (χ1v) is 7.21. The second-order valence-electron chi connectivity index (χ2n) is 5.73. The Bertz CT molecular complexity index is 643. The predicted molar refractivity (Wildman–Crippen MR) is 84.6 cm³/mol. The molecule has 0 aliphatic heterocycles. The van der Waals surface area contributed by atoms with Crippen molar-refractivity contribution in [3.05, 3.63) is 51.3 Å². The van der Waals surface area contributed by atoms with Crippen molar-refractivity contribution in [3.63, 3.8) is 0 Å². The van der Waals surface area contributed by atoms with E-state index in [9.17, 15) is 4.79 Å². The molecule has 1 heterocycles. The van der Waals surface area contributed by atoms with Crippen molar-refractivity contribution in [3.8, 4) is 0 Å². The lowest BCUT2D eigenvalue weighted by atomic mass is 9.89. The summed E-state index contributed by atoms with van der Waals surface area (Å²) < 4.78 is 0. The van der Waals surface area contributed by atoms with Gasteiger partial charge in [-0.15, -0.1) is 0 Å². The van der Waals surface area contributed by atoms with Gasteiger partial charge in [-0.2, -0.15) is 5.10 Å². The predicted octanol–water partition coefficient (Wildman–Crippen LogP) is 3.44. The van der Waals surface area contributed by atoms with Gasteiger partial charge in [-0.25, -0.2) is 0 Å². The monoisotopic (exact) mass is 285 g/mol. The van der Waals surface area contributed by atoms with E-state index in [2.05, 4.69) is 36.3 Å². The summed E-state index contributed by atoms with van der Waals surface area (Å²) in [6.45, 7) is 12.3. The smallest absolute Gasteiger partial charge is 0.252 e. The fourth-order valence-corrected chi connectivity index (χ4v) is 2.69. The molecule has 0 aliphatic carbocycles. The van der Waals surface area contributed by atoms with Crippen LogP contribution in [0.25, 0.3) is 0 Å². The van der Waals surface area contributed by atoms with E-state index in [4.69, 9.17) is 0 Å². The van der Waals surface area contributed by atoms with E-state index in [0.29, 0.717) is 0 Å². The first kappa shape index (κ1) is 15.3. The third-order valence-electron chi connectivity index (χ3n) is 4.59. The van der Waals surface area contributed by atoms with Crippen LogP contribution in [0.15, 0.2) is 12.4 Å². The Morgan fingerprint density at radius 3 is 2.05 bits per heavy atom. The number of aromatic amines is 1. The quantitative estimate of drug-likeness (QED) is 0.907. The number of hydrogen-bond acceptors (Lipinski definition) is 2. The van der Waals surface area contributed by atoms with Crippen LogP contribution >= 0.6 is 0 Å². The average molecular weight is 285 g/mol. The van der Waals surface area contributed by atoms with Crippen LogP contribution in [-0.2, 0) is 0 Å². The zero-order chi connectivity index (χ0) is 15.7. The van der Waals surface area contributed by atoms with Gasteiger partial charge in [-0.3, -0.25) is 9.89 Å². The highest BCUT2D eigenvalue weighted by molar-refractivity contribution is 5.98. The number of carbonyl (C=O) groups excluding carboxylic acids is 1. The topological polar surface area (TPSA) is 57.8 Å². The van der Waals surface area contributed by atoms with Crippen LogP contribution in [0.2, 0.25) is 0 Å². The zero-order valence-corrected chi connectivity index (χ0v) is 13.6. The van der Waals surface area contributed by atoms with Crippen molar-refractivity contribution in [1.82, 2.24) is 15.5 Å². The molecule has 1 amide bonds. The van der Waals surface area contributed by atoms with Crippen LogP contribution in [0.3, 0.4) is 0 Å². The number of nitrogens with one attached hydrogen (secondary N) is 2. The molecule has 0 saturated carbocycles. The number of amides is 1. The number of nitrogens with zero attached hydrogens (tertiary/aromatic N) is 1. The number of benzene rings is 1. The molecule has 1 atom stereocenters. The van der Waals surface area contributed by atoms with Gasteiger partial charge in [-0.05, 0) is 69.4 Å². The molecule has 2 N–H and O–H groups in total. The lowest BCUT2D eigenvalue weighted by Crippen LogP contribution is -2.28. The highest BCUT2D eigenvalue weighted by atomic mass is 16.1. The zero-order valence-electron chi connectivity index (χ0n) is 13.6. The standard InChI is InChI=1S/C17H23N3O/c1-9-10(2)12(4)16(13(5)11(9)3)17(21)20-14(6)15-7-18-19-8-15/h7-8,14H,1-6H3,(H,18,19)(H,20,21).